The highest BCUT2D eigenvalue weighted by molar-refractivity contribution is 7.12. The number of rotatable bonds is 4. The van der Waals surface area contributed by atoms with Crippen LogP contribution in [0.15, 0.2) is 6.07 Å². The lowest BCUT2D eigenvalue weighted by atomic mass is 10.2. The van der Waals surface area contributed by atoms with Crippen LogP contribution in [0.1, 0.15) is 39.8 Å². The van der Waals surface area contributed by atoms with E-state index in [0.717, 1.165) is 37.7 Å². The summed E-state index contributed by atoms with van der Waals surface area (Å²) in [6.45, 7) is 7.16. The Morgan fingerprint density at radius 3 is 2.95 bits per heavy atom. The van der Waals surface area contributed by atoms with Crippen LogP contribution in [0.25, 0.3) is 0 Å². The minimum Gasteiger partial charge on any atom is -0.314 e. The number of thiophene rings is 1. The van der Waals surface area contributed by atoms with Crippen molar-refractivity contribution < 1.29 is 0 Å². The fourth-order valence-electron chi connectivity index (χ4n) is 2.53. The highest BCUT2D eigenvalue weighted by atomic mass is 32.1. The van der Waals surface area contributed by atoms with Crippen molar-refractivity contribution in [3.8, 4) is 0 Å². The predicted molar refractivity (Wildman–Crippen MR) is 77.3 cm³/mol. The topological polar surface area (TPSA) is 42.7 Å². The number of hydrogen-bond acceptors (Lipinski definition) is 4. The molecule has 3 rings (SSSR count). The second kappa shape index (κ2) is 5.43. The molecule has 0 aromatic carbocycles. The largest absolute Gasteiger partial charge is 0.314 e. The number of nitrogens with zero attached hydrogens (tertiary/aromatic N) is 3. The lowest BCUT2D eigenvalue weighted by molar-refractivity contribution is 0.497. The molecule has 2 aromatic heterocycles. The maximum absolute atomic E-state index is 4.31. The molecule has 1 N–H and O–H groups in total. The first kappa shape index (κ1) is 12.8. The van der Waals surface area contributed by atoms with Crippen LogP contribution in [0.4, 0.5) is 0 Å². The summed E-state index contributed by atoms with van der Waals surface area (Å²) in [6.07, 6.45) is 3.58. The molecule has 0 radical (unpaired) electrons. The standard InChI is InChI=1S/C14H20N4S/c1-10-7-12(19-11(10)2)8-15-9-14-17-16-13-5-3-4-6-18(13)14/h7,15H,3-6,8-9H2,1-2H3. The Kier molecular flexibility index (Phi) is 3.66. The van der Waals surface area contributed by atoms with Crippen molar-refractivity contribution in [1.82, 2.24) is 20.1 Å². The van der Waals surface area contributed by atoms with Crippen molar-refractivity contribution in [3.63, 3.8) is 0 Å². The van der Waals surface area contributed by atoms with Crippen LogP contribution in [0.5, 0.6) is 0 Å². The van der Waals surface area contributed by atoms with Gasteiger partial charge in [0.05, 0.1) is 6.54 Å². The van der Waals surface area contributed by atoms with E-state index in [-0.39, 0.29) is 0 Å². The molecule has 0 atom stereocenters. The third-order valence-corrected chi connectivity index (χ3v) is 4.89. The third kappa shape index (κ3) is 2.72. The molecular formula is C14H20N4S. The number of fused-ring (bicyclic) bond motifs is 1. The van der Waals surface area contributed by atoms with E-state index in [4.69, 9.17) is 0 Å². The van der Waals surface area contributed by atoms with Crippen LogP contribution in [-0.2, 0) is 26.1 Å². The SMILES string of the molecule is Cc1cc(CNCc2nnc3n2CCCC3)sc1C. The van der Waals surface area contributed by atoms with Crippen LogP contribution < -0.4 is 5.32 Å². The van der Waals surface area contributed by atoms with Crippen LogP contribution in [-0.4, -0.2) is 14.8 Å². The molecule has 0 saturated heterocycles. The van der Waals surface area contributed by atoms with Gasteiger partial charge in [-0.15, -0.1) is 21.5 Å². The van der Waals surface area contributed by atoms with Gasteiger partial charge in [-0.1, -0.05) is 0 Å². The maximum Gasteiger partial charge on any atom is 0.147 e. The van der Waals surface area contributed by atoms with Gasteiger partial charge in [-0.25, -0.2) is 0 Å². The normalized spacial score (nSPS) is 14.6. The van der Waals surface area contributed by atoms with Gasteiger partial charge >= 0.3 is 0 Å². The summed E-state index contributed by atoms with van der Waals surface area (Å²) in [5, 5.41) is 12.1. The molecule has 0 spiro atoms. The van der Waals surface area contributed by atoms with Gasteiger partial charge in [0.2, 0.25) is 0 Å². The fourth-order valence-corrected chi connectivity index (χ4v) is 3.56. The molecule has 19 heavy (non-hydrogen) atoms. The second-order valence-electron chi connectivity index (χ2n) is 5.20. The zero-order valence-corrected chi connectivity index (χ0v) is 12.4. The Morgan fingerprint density at radius 2 is 2.16 bits per heavy atom. The number of nitrogens with one attached hydrogen (secondary N) is 1. The van der Waals surface area contributed by atoms with Crippen LogP contribution in [0, 0.1) is 13.8 Å². The average Bonchev–Trinajstić information content (AvgIpc) is 2.95. The molecule has 0 bridgehead atoms. The van der Waals surface area contributed by atoms with Gasteiger partial charge in [0, 0.05) is 29.3 Å². The van der Waals surface area contributed by atoms with E-state index in [9.17, 15) is 0 Å². The van der Waals surface area contributed by atoms with E-state index in [1.807, 2.05) is 11.3 Å². The smallest absolute Gasteiger partial charge is 0.147 e. The van der Waals surface area contributed by atoms with E-state index < -0.39 is 0 Å². The van der Waals surface area contributed by atoms with E-state index in [1.54, 1.807) is 0 Å². The highest BCUT2D eigenvalue weighted by Crippen LogP contribution is 2.20. The van der Waals surface area contributed by atoms with Crippen molar-refractivity contribution in [2.75, 3.05) is 0 Å². The molecule has 3 heterocycles. The first-order valence-corrected chi connectivity index (χ1v) is 7.73. The Balaban J connectivity index is 1.59. The Bertz CT molecular complexity index is 551. The molecule has 0 fully saturated rings. The van der Waals surface area contributed by atoms with Gasteiger partial charge in [-0.3, -0.25) is 0 Å². The quantitative estimate of drug-likeness (QED) is 0.933. The van der Waals surface area contributed by atoms with E-state index in [2.05, 4.69) is 40.0 Å². The van der Waals surface area contributed by atoms with Crippen molar-refractivity contribution in [2.24, 2.45) is 0 Å². The number of hydrogen-bond donors (Lipinski definition) is 1. The summed E-state index contributed by atoms with van der Waals surface area (Å²) in [4.78, 5) is 2.81. The summed E-state index contributed by atoms with van der Waals surface area (Å²) < 4.78 is 2.28. The predicted octanol–water partition coefficient (Wildman–Crippen LogP) is 2.58. The maximum atomic E-state index is 4.31. The monoisotopic (exact) mass is 276 g/mol. The first-order valence-electron chi connectivity index (χ1n) is 6.91. The Hall–Kier alpha value is -1.20. The van der Waals surface area contributed by atoms with Gasteiger partial charge in [-0.05, 0) is 38.3 Å². The van der Waals surface area contributed by atoms with Gasteiger partial charge in [0.25, 0.3) is 0 Å². The van der Waals surface area contributed by atoms with Gasteiger partial charge < -0.3 is 9.88 Å². The zero-order chi connectivity index (χ0) is 13.2. The van der Waals surface area contributed by atoms with Gasteiger partial charge in [0.15, 0.2) is 0 Å². The molecule has 102 valence electrons. The van der Waals surface area contributed by atoms with Crippen molar-refractivity contribution in [1.29, 1.82) is 0 Å². The van der Waals surface area contributed by atoms with Crippen LogP contribution in [0.3, 0.4) is 0 Å². The van der Waals surface area contributed by atoms with Crippen LogP contribution in [0.2, 0.25) is 0 Å². The lowest BCUT2D eigenvalue weighted by Crippen LogP contribution is -2.19. The molecule has 2 aromatic rings. The summed E-state index contributed by atoms with van der Waals surface area (Å²) in [5.74, 6) is 2.24. The summed E-state index contributed by atoms with van der Waals surface area (Å²) >= 11 is 1.88. The Labute approximate surface area is 117 Å². The molecule has 1 aliphatic heterocycles. The van der Waals surface area contributed by atoms with E-state index in [1.165, 1.54) is 28.2 Å². The minimum absolute atomic E-state index is 0.809. The average molecular weight is 276 g/mol. The summed E-state index contributed by atoms with van der Waals surface area (Å²) in [7, 11) is 0. The molecule has 0 amide bonds. The summed E-state index contributed by atoms with van der Waals surface area (Å²) in [5.41, 5.74) is 1.39. The molecule has 0 saturated carbocycles. The Morgan fingerprint density at radius 1 is 1.26 bits per heavy atom. The highest BCUT2D eigenvalue weighted by Gasteiger charge is 2.15. The van der Waals surface area contributed by atoms with Gasteiger partial charge in [0.1, 0.15) is 11.6 Å². The van der Waals surface area contributed by atoms with Crippen LogP contribution >= 0.6 is 11.3 Å². The van der Waals surface area contributed by atoms with E-state index in [0.29, 0.717) is 0 Å². The molecule has 4 nitrogen and oxygen atoms in total. The molecule has 1 aliphatic rings. The molecular weight excluding hydrogens is 256 g/mol. The third-order valence-electron chi connectivity index (χ3n) is 3.74. The second-order valence-corrected chi connectivity index (χ2v) is 6.54. The first-order chi connectivity index (χ1) is 9.24. The molecule has 5 heteroatoms. The zero-order valence-electron chi connectivity index (χ0n) is 11.6. The van der Waals surface area contributed by atoms with E-state index >= 15 is 0 Å². The summed E-state index contributed by atoms with van der Waals surface area (Å²) in [6, 6.07) is 2.27. The van der Waals surface area contributed by atoms with Crippen molar-refractivity contribution in [2.45, 2.75) is 52.7 Å². The number of aromatic nitrogens is 3. The number of aryl methyl sites for hydroxylation is 3. The fraction of sp³-hybridized carbons (Fsp3) is 0.571. The molecule has 0 aliphatic carbocycles. The van der Waals surface area contributed by atoms with Crippen molar-refractivity contribution >= 4 is 11.3 Å². The minimum atomic E-state index is 0.809. The van der Waals surface area contributed by atoms with Crippen molar-refractivity contribution in [3.05, 3.63) is 33.0 Å². The lowest BCUT2D eigenvalue weighted by Gasteiger charge is -2.14. The van der Waals surface area contributed by atoms with Gasteiger partial charge in [-0.2, -0.15) is 0 Å². The molecule has 0 unspecified atom stereocenters.